The first-order chi connectivity index (χ1) is 18.8. The fourth-order valence-electron chi connectivity index (χ4n) is 4.55. The summed E-state index contributed by atoms with van der Waals surface area (Å²) in [5, 5.41) is 2.80. The maximum Gasteiger partial charge on any atom is 0.264 e. The predicted octanol–water partition coefficient (Wildman–Crippen LogP) is 4.34. The van der Waals surface area contributed by atoms with Gasteiger partial charge in [-0.25, -0.2) is 12.8 Å². The van der Waals surface area contributed by atoms with Crippen LogP contribution in [-0.2, 0) is 27.9 Å². The Balaban J connectivity index is 1.47. The number of methoxy groups -OCH3 is 2. The molecule has 0 atom stereocenters. The van der Waals surface area contributed by atoms with Gasteiger partial charge in [-0.05, 0) is 73.5 Å². The average Bonchev–Trinajstić information content (AvgIpc) is 2.96. The third-order valence-corrected chi connectivity index (χ3v) is 8.48. The molecular weight excluding hydrogens is 521 g/mol. The van der Waals surface area contributed by atoms with Crippen molar-refractivity contribution in [1.29, 1.82) is 0 Å². The largest absolute Gasteiger partial charge is 0.493 e. The van der Waals surface area contributed by atoms with Crippen molar-refractivity contribution in [2.24, 2.45) is 0 Å². The number of ether oxygens (including phenoxy) is 2. The van der Waals surface area contributed by atoms with E-state index in [1.807, 2.05) is 12.1 Å². The van der Waals surface area contributed by atoms with Gasteiger partial charge < -0.3 is 14.8 Å². The molecule has 1 amide bonds. The Labute approximate surface area is 229 Å². The van der Waals surface area contributed by atoms with E-state index in [1.165, 1.54) is 69.4 Å². The molecule has 208 valence electrons. The normalized spacial score (nSPS) is 14.0. The zero-order valence-electron chi connectivity index (χ0n) is 22.2. The van der Waals surface area contributed by atoms with E-state index in [0.29, 0.717) is 5.75 Å². The molecule has 3 aromatic rings. The maximum atomic E-state index is 13.6. The topological polar surface area (TPSA) is 88.2 Å². The van der Waals surface area contributed by atoms with Crippen molar-refractivity contribution in [2.75, 3.05) is 38.2 Å². The molecule has 0 aromatic heterocycles. The molecule has 1 N–H and O–H groups in total. The number of nitrogens with one attached hydrogen (secondary N) is 1. The van der Waals surface area contributed by atoms with Gasteiger partial charge in [-0.15, -0.1) is 0 Å². The van der Waals surface area contributed by atoms with E-state index >= 15 is 0 Å². The van der Waals surface area contributed by atoms with Gasteiger partial charge in [-0.3, -0.25) is 14.0 Å². The summed E-state index contributed by atoms with van der Waals surface area (Å²) >= 11 is 0. The van der Waals surface area contributed by atoms with Crippen LogP contribution in [0.5, 0.6) is 11.5 Å². The Bertz CT molecular complexity index is 1360. The number of piperidine rings is 1. The predicted molar refractivity (Wildman–Crippen MR) is 148 cm³/mol. The molecule has 1 fully saturated rings. The first-order valence-corrected chi connectivity index (χ1v) is 14.3. The number of likely N-dealkylation sites (tertiary alicyclic amines) is 1. The fraction of sp³-hybridized carbons (Fsp3) is 0.345. The number of sulfonamides is 1. The van der Waals surface area contributed by atoms with Crippen molar-refractivity contribution in [3.63, 3.8) is 0 Å². The molecule has 39 heavy (non-hydrogen) atoms. The SMILES string of the molecule is COc1ccc(S(=O)(=O)N(CC(=O)NCc2ccc(CN3CCCCC3)cc2)c2ccc(F)cc2)cc1OC. The van der Waals surface area contributed by atoms with Gasteiger partial charge in [0.05, 0.1) is 24.8 Å². The summed E-state index contributed by atoms with van der Waals surface area (Å²) in [6, 6.07) is 17.2. The summed E-state index contributed by atoms with van der Waals surface area (Å²) in [5.41, 5.74) is 2.28. The molecule has 0 spiro atoms. The van der Waals surface area contributed by atoms with Crippen LogP contribution in [0.1, 0.15) is 30.4 Å². The molecule has 1 saturated heterocycles. The average molecular weight is 556 g/mol. The van der Waals surface area contributed by atoms with Crippen LogP contribution in [0.4, 0.5) is 10.1 Å². The van der Waals surface area contributed by atoms with Gasteiger partial charge in [0.1, 0.15) is 12.4 Å². The van der Waals surface area contributed by atoms with E-state index in [-0.39, 0.29) is 22.9 Å². The second-order valence-electron chi connectivity index (χ2n) is 9.43. The first-order valence-electron chi connectivity index (χ1n) is 12.9. The molecule has 0 bridgehead atoms. The lowest BCUT2D eigenvalue weighted by Crippen LogP contribution is -2.40. The van der Waals surface area contributed by atoms with Gasteiger partial charge in [0, 0.05) is 19.2 Å². The van der Waals surface area contributed by atoms with Crippen LogP contribution in [0, 0.1) is 5.82 Å². The molecule has 0 saturated carbocycles. The molecule has 0 unspecified atom stereocenters. The van der Waals surface area contributed by atoms with Crippen molar-refractivity contribution >= 4 is 21.6 Å². The fourth-order valence-corrected chi connectivity index (χ4v) is 5.99. The molecule has 8 nitrogen and oxygen atoms in total. The highest BCUT2D eigenvalue weighted by Gasteiger charge is 2.28. The third kappa shape index (κ3) is 7.27. The molecule has 10 heteroatoms. The summed E-state index contributed by atoms with van der Waals surface area (Å²) in [4.78, 5) is 15.3. The zero-order chi connectivity index (χ0) is 27.8. The van der Waals surface area contributed by atoms with E-state index in [4.69, 9.17) is 9.47 Å². The number of anilines is 1. The number of amides is 1. The van der Waals surface area contributed by atoms with Gasteiger partial charge in [-0.2, -0.15) is 0 Å². The molecule has 1 aliphatic heterocycles. The minimum atomic E-state index is -4.21. The van der Waals surface area contributed by atoms with Crippen molar-refractivity contribution in [2.45, 2.75) is 37.2 Å². The van der Waals surface area contributed by atoms with Crippen molar-refractivity contribution in [3.05, 3.63) is 83.7 Å². The zero-order valence-corrected chi connectivity index (χ0v) is 23.0. The van der Waals surface area contributed by atoms with Gasteiger partial charge in [0.15, 0.2) is 11.5 Å². The highest BCUT2D eigenvalue weighted by molar-refractivity contribution is 7.92. The number of nitrogens with zero attached hydrogens (tertiary/aromatic N) is 2. The van der Waals surface area contributed by atoms with Crippen LogP contribution in [0.3, 0.4) is 0 Å². The second-order valence-corrected chi connectivity index (χ2v) is 11.3. The van der Waals surface area contributed by atoms with Gasteiger partial charge in [-0.1, -0.05) is 30.7 Å². The monoisotopic (exact) mass is 555 g/mol. The van der Waals surface area contributed by atoms with Gasteiger partial charge in [0.2, 0.25) is 5.91 Å². The Morgan fingerprint density at radius 2 is 1.54 bits per heavy atom. The molecule has 1 heterocycles. The van der Waals surface area contributed by atoms with Gasteiger partial charge in [0.25, 0.3) is 10.0 Å². The molecule has 4 rings (SSSR count). The number of carbonyl (C=O) groups excluding carboxylic acids is 1. The quantitative estimate of drug-likeness (QED) is 0.379. The molecule has 0 aliphatic carbocycles. The van der Waals surface area contributed by atoms with Crippen LogP contribution in [0.15, 0.2) is 71.6 Å². The molecule has 0 radical (unpaired) electrons. The second kappa shape index (κ2) is 12.9. The number of carbonyl (C=O) groups is 1. The number of rotatable bonds is 11. The lowest BCUT2D eigenvalue weighted by Gasteiger charge is -2.26. The van der Waals surface area contributed by atoms with Crippen LogP contribution < -0.4 is 19.1 Å². The Kier molecular flexibility index (Phi) is 9.42. The maximum absolute atomic E-state index is 13.6. The van der Waals surface area contributed by atoms with Crippen molar-refractivity contribution < 1.29 is 27.1 Å². The highest BCUT2D eigenvalue weighted by atomic mass is 32.2. The van der Waals surface area contributed by atoms with Crippen LogP contribution in [0.25, 0.3) is 0 Å². The van der Waals surface area contributed by atoms with E-state index in [2.05, 4.69) is 22.3 Å². The minimum absolute atomic E-state index is 0.0958. The summed E-state index contributed by atoms with van der Waals surface area (Å²) in [7, 11) is -1.36. The lowest BCUT2D eigenvalue weighted by molar-refractivity contribution is -0.119. The van der Waals surface area contributed by atoms with E-state index in [1.54, 1.807) is 0 Å². The van der Waals surface area contributed by atoms with E-state index < -0.39 is 28.3 Å². The summed E-state index contributed by atoms with van der Waals surface area (Å²) in [5.74, 6) is -0.425. The van der Waals surface area contributed by atoms with Crippen LogP contribution in [0.2, 0.25) is 0 Å². The lowest BCUT2D eigenvalue weighted by atomic mass is 10.1. The first kappa shape index (κ1) is 28.4. The summed E-state index contributed by atoms with van der Waals surface area (Å²) in [6.45, 7) is 2.91. The van der Waals surface area contributed by atoms with Crippen molar-refractivity contribution in [1.82, 2.24) is 10.2 Å². The Hall–Kier alpha value is -3.63. The standard InChI is InChI=1S/C29H34FN3O5S/c1-37-27-15-14-26(18-28(27)38-2)39(35,36)33(25-12-10-24(30)11-13-25)21-29(34)31-19-22-6-8-23(9-7-22)20-32-16-4-3-5-17-32/h6-15,18H,3-5,16-17,19-21H2,1-2H3,(H,31,34). The number of halogens is 1. The number of benzene rings is 3. The van der Waals surface area contributed by atoms with Crippen molar-refractivity contribution in [3.8, 4) is 11.5 Å². The molecule has 1 aliphatic rings. The minimum Gasteiger partial charge on any atom is -0.493 e. The van der Waals surface area contributed by atoms with E-state index in [0.717, 1.165) is 41.6 Å². The van der Waals surface area contributed by atoms with Crippen LogP contribution in [-0.4, -0.2) is 53.1 Å². The number of hydrogen-bond acceptors (Lipinski definition) is 6. The third-order valence-electron chi connectivity index (χ3n) is 6.71. The van der Waals surface area contributed by atoms with Crippen LogP contribution >= 0.6 is 0 Å². The van der Waals surface area contributed by atoms with E-state index in [9.17, 15) is 17.6 Å². The van der Waals surface area contributed by atoms with Gasteiger partial charge >= 0.3 is 0 Å². The smallest absolute Gasteiger partial charge is 0.264 e. The Morgan fingerprint density at radius 3 is 2.18 bits per heavy atom. The Morgan fingerprint density at radius 1 is 0.897 bits per heavy atom. The summed E-state index contributed by atoms with van der Waals surface area (Å²) < 4.78 is 52.3. The highest BCUT2D eigenvalue weighted by Crippen LogP contribution is 2.32. The molecular formula is C29H34FN3O5S. The number of hydrogen-bond donors (Lipinski definition) is 1. The molecule has 3 aromatic carbocycles. The summed E-state index contributed by atoms with van der Waals surface area (Å²) in [6.07, 6.45) is 3.77.